The number of hydrogen-bond acceptors (Lipinski definition) is 3. The summed E-state index contributed by atoms with van der Waals surface area (Å²) in [5, 5.41) is 3.67. The van der Waals surface area contributed by atoms with Crippen molar-refractivity contribution in [1.29, 1.82) is 0 Å². The van der Waals surface area contributed by atoms with Crippen molar-refractivity contribution < 1.29 is 0 Å². The molecule has 1 N–H and O–H groups in total. The lowest BCUT2D eigenvalue weighted by atomic mass is 9.97. The van der Waals surface area contributed by atoms with E-state index < -0.39 is 0 Å². The van der Waals surface area contributed by atoms with Gasteiger partial charge in [-0.3, -0.25) is 0 Å². The lowest BCUT2D eigenvalue weighted by Gasteiger charge is -2.16. The fourth-order valence-corrected chi connectivity index (χ4v) is 3.59. The number of rotatable bonds is 5. The summed E-state index contributed by atoms with van der Waals surface area (Å²) in [6.07, 6.45) is 11.5. The average molecular weight is 293 g/mol. The van der Waals surface area contributed by atoms with Crippen LogP contribution in [0.1, 0.15) is 61.4 Å². The summed E-state index contributed by atoms with van der Waals surface area (Å²) in [4.78, 5) is 8.84. The van der Waals surface area contributed by atoms with Gasteiger partial charge >= 0.3 is 0 Å². The van der Waals surface area contributed by atoms with E-state index in [2.05, 4.69) is 39.6 Å². The first-order valence-electron chi connectivity index (χ1n) is 8.47. The lowest BCUT2D eigenvalue weighted by molar-refractivity contribution is 0.490. The van der Waals surface area contributed by atoms with Gasteiger partial charge in [0.05, 0.1) is 5.54 Å². The monoisotopic (exact) mass is 293 g/mol. The Morgan fingerprint density at radius 1 is 1.00 bits per heavy atom. The van der Waals surface area contributed by atoms with E-state index in [1.807, 2.05) is 18.5 Å². The van der Waals surface area contributed by atoms with Crippen LogP contribution in [0.2, 0.25) is 0 Å². The minimum atomic E-state index is 0.0192. The third kappa shape index (κ3) is 2.78. The Hall–Kier alpha value is -1.74. The Kier molecular flexibility index (Phi) is 3.67. The molecule has 1 heterocycles. The van der Waals surface area contributed by atoms with Crippen LogP contribution < -0.4 is 5.32 Å². The summed E-state index contributed by atoms with van der Waals surface area (Å²) in [6, 6.07) is 11.1. The average Bonchev–Trinajstić information content (AvgIpc) is 3.18. The van der Waals surface area contributed by atoms with Gasteiger partial charge in [0.1, 0.15) is 5.82 Å². The molecule has 0 atom stereocenters. The molecule has 1 aromatic carbocycles. The molecule has 0 bridgehead atoms. The fourth-order valence-electron chi connectivity index (χ4n) is 3.59. The molecule has 0 radical (unpaired) electrons. The Bertz CT molecular complexity index is 611. The highest BCUT2D eigenvalue weighted by atomic mass is 15.1. The van der Waals surface area contributed by atoms with Crippen molar-refractivity contribution in [2.24, 2.45) is 0 Å². The molecule has 2 fully saturated rings. The summed E-state index contributed by atoms with van der Waals surface area (Å²) < 4.78 is 0. The largest absolute Gasteiger partial charge is 0.301 e. The van der Waals surface area contributed by atoms with Gasteiger partial charge in [-0.15, -0.1) is 0 Å². The molecule has 3 nitrogen and oxygen atoms in total. The van der Waals surface area contributed by atoms with Gasteiger partial charge in [0.2, 0.25) is 0 Å². The first-order chi connectivity index (χ1) is 10.9. The van der Waals surface area contributed by atoms with Gasteiger partial charge in [0.25, 0.3) is 0 Å². The molecule has 1 aromatic heterocycles. The van der Waals surface area contributed by atoms with E-state index in [1.54, 1.807) is 0 Å². The van der Waals surface area contributed by atoms with E-state index in [4.69, 9.17) is 0 Å². The first-order valence-corrected chi connectivity index (χ1v) is 8.47. The highest BCUT2D eigenvalue weighted by Crippen LogP contribution is 2.43. The molecule has 22 heavy (non-hydrogen) atoms. The van der Waals surface area contributed by atoms with Crippen molar-refractivity contribution >= 4 is 0 Å². The quantitative estimate of drug-likeness (QED) is 0.908. The van der Waals surface area contributed by atoms with Crippen LogP contribution in [0.4, 0.5) is 0 Å². The molecule has 114 valence electrons. The molecule has 0 aliphatic heterocycles. The van der Waals surface area contributed by atoms with Gasteiger partial charge in [-0.25, -0.2) is 9.97 Å². The Labute approximate surface area is 132 Å². The second-order valence-electron chi connectivity index (χ2n) is 6.73. The topological polar surface area (TPSA) is 37.8 Å². The number of nitrogens with one attached hydrogen (secondary N) is 1. The summed E-state index contributed by atoms with van der Waals surface area (Å²) in [5.41, 5.74) is 2.89. The van der Waals surface area contributed by atoms with Crippen molar-refractivity contribution in [2.45, 2.75) is 56.5 Å². The summed E-state index contributed by atoms with van der Waals surface area (Å²) in [7, 11) is 0. The predicted octanol–water partition coefficient (Wildman–Crippen LogP) is 3.91. The van der Waals surface area contributed by atoms with Crippen molar-refractivity contribution in [3.8, 4) is 0 Å². The minimum Gasteiger partial charge on any atom is -0.301 e. The van der Waals surface area contributed by atoms with E-state index in [0.29, 0.717) is 0 Å². The maximum atomic E-state index is 4.42. The Balaban J connectivity index is 1.40. The van der Waals surface area contributed by atoms with Crippen LogP contribution in [0, 0.1) is 0 Å². The number of hydrogen-bond donors (Lipinski definition) is 1. The molecule has 3 heteroatoms. The number of benzene rings is 1. The van der Waals surface area contributed by atoms with Crippen LogP contribution in [-0.2, 0) is 12.1 Å². The van der Waals surface area contributed by atoms with Gasteiger partial charge in [-0.2, -0.15) is 0 Å². The second kappa shape index (κ2) is 5.81. The summed E-state index contributed by atoms with van der Waals surface area (Å²) >= 11 is 0. The van der Waals surface area contributed by atoms with Gasteiger partial charge < -0.3 is 5.32 Å². The van der Waals surface area contributed by atoms with E-state index in [0.717, 1.165) is 31.1 Å². The van der Waals surface area contributed by atoms with Crippen LogP contribution in [-0.4, -0.2) is 9.97 Å². The smallest absolute Gasteiger partial charge is 0.148 e. The van der Waals surface area contributed by atoms with Crippen molar-refractivity contribution in [2.75, 3.05) is 0 Å². The van der Waals surface area contributed by atoms with Gasteiger partial charge in [-0.05, 0) is 48.8 Å². The summed E-state index contributed by atoms with van der Waals surface area (Å²) in [6.45, 7) is 0.892. The molecule has 0 saturated heterocycles. The molecule has 0 amide bonds. The molecular formula is C19H23N3. The van der Waals surface area contributed by atoms with Crippen LogP contribution >= 0.6 is 0 Å². The molecule has 2 saturated carbocycles. The maximum absolute atomic E-state index is 4.42. The normalized spacial score (nSPS) is 20.2. The SMILES string of the molecule is c1cnc(C2(NCc3ccc(C4CCCC4)cc3)CC2)nc1. The zero-order chi connectivity index (χ0) is 14.8. The number of nitrogens with zero attached hydrogens (tertiary/aromatic N) is 2. The van der Waals surface area contributed by atoms with Gasteiger partial charge in [0, 0.05) is 18.9 Å². The van der Waals surface area contributed by atoms with Crippen molar-refractivity contribution in [3.05, 3.63) is 59.7 Å². The van der Waals surface area contributed by atoms with Crippen molar-refractivity contribution in [1.82, 2.24) is 15.3 Å². The Morgan fingerprint density at radius 3 is 2.32 bits per heavy atom. The molecule has 4 rings (SSSR count). The lowest BCUT2D eigenvalue weighted by Crippen LogP contribution is -2.30. The summed E-state index contributed by atoms with van der Waals surface area (Å²) in [5.74, 6) is 1.74. The van der Waals surface area contributed by atoms with E-state index >= 15 is 0 Å². The molecule has 2 aromatic rings. The van der Waals surface area contributed by atoms with Gasteiger partial charge in [0.15, 0.2) is 0 Å². The van der Waals surface area contributed by atoms with Crippen LogP contribution in [0.15, 0.2) is 42.7 Å². The zero-order valence-electron chi connectivity index (χ0n) is 13.0. The van der Waals surface area contributed by atoms with Crippen LogP contribution in [0.5, 0.6) is 0 Å². The molecule has 2 aliphatic carbocycles. The fraction of sp³-hybridized carbons (Fsp3) is 0.474. The van der Waals surface area contributed by atoms with E-state index in [-0.39, 0.29) is 5.54 Å². The molecule has 2 aliphatic rings. The van der Waals surface area contributed by atoms with E-state index in [9.17, 15) is 0 Å². The number of aromatic nitrogens is 2. The van der Waals surface area contributed by atoms with E-state index in [1.165, 1.54) is 36.8 Å². The molecule has 0 unspecified atom stereocenters. The molecular weight excluding hydrogens is 270 g/mol. The highest BCUT2D eigenvalue weighted by molar-refractivity contribution is 5.27. The Morgan fingerprint density at radius 2 is 1.68 bits per heavy atom. The standard InChI is InChI=1S/C19H23N3/c1-2-5-16(4-1)17-8-6-15(7-9-17)14-22-19(10-11-19)18-20-12-3-13-21-18/h3,6-9,12-13,16,22H,1-2,4-5,10-11,14H2. The third-order valence-corrected chi connectivity index (χ3v) is 5.18. The second-order valence-corrected chi connectivity index (χ2v) is 6.73. The van der Waals surface area contributed by atoms with Crippen molar-refractivity contribution in [3.63, 3.8) is 0 Å². The zero-order valence-corrected chi connectivity index (χ0v) is 13.0. The molecule has 0 spiro atoms. The predicted molar refractivity (Wildman–Crippen MR) is 87.4 cm³/mol. The first kappa shape index (κ1) is 13.9. The van der Waals surface area contributed by atoms with Gasteiger partial charge in [-0.1, -0.05) is 37.1 Å². The maximum Gasteiger partial charge on any atom is 0.148 e. The highest BCUT2D eigenvalue weighted by Gasteiger charge is 2.46. The minimum absolute atomic E-state index is 0.0192. The van der Waals surface area contributed by atoms with Crippen LogP contribution in [0.25, 0.3) is 0 Å². The third-order valence-electron chi connectivity index (χ3n) is 5.18. The van der Waals surface area contributed by atoms with Crippen LogP contribution in [0.3, 0.4) is 0 Å².